The van der Waals surface area contributed by atoms with Crippen molar-refractivity contribution in [3.05, 3.63) is 29.3 Å². The van der Waals surface area contributed by atoms with Crippen LogP contribution in [0.5, 0.6) is 0 Å². The fraction of sp³-hybridized carbons (Fsp3) is 0.538. The van der Waals surface area contributed by atoms with E-state index in [0.29, 0.717) is 0 Å². The van der Waals surface area contributed by atoms with Gasteiger partial charge >= 0.3 is 0 Å². The molecule has 0 spiro atoms. The summed E-state index contributed by atoms with van der Waals surface area (Å²) in [5, 5.41) is 14.6. The molecule has 0 unspecified atom stereocenters. The Labute approximate surface area is 117 Å². The van der Waals surface area contributed by atoms with E-state index < -0.39 is 0 Å². The molecule has 0 saturated carbocycles. The van der Waals surface area contributed by atoms with Crippen molar-refractivity contribution in [3.8, 4) is 0 Å². The first kappa shape index (κ1) is 14.1. The Morgan fingerprint density at radius 1 is 1.32 bits per heavy atom. The fourth-order valence-corrected chi connectivity index (χ4v) is 2.87. The van der Waals surface area contributed by atoms with Crippen LogP contribution < -0.4 is 0 Å². The molecule has 5 nitrogen and oxygen atoms in total. The third kappa shape index (κ3) is 3.01. The average Bonchev–Trinajstić information content (AvgIpc) is 2.99. The Bertz CT molecular complexity index is 547. The van der Waals surface area contributed by atoms with E-state index >= 15 is 0 Å². The molecular formula is C13H20N4OS. The smallest absolute Gasteiger partial charge is 0.168 e. The van der Waals surface area contributed by atoms with Gasteiger partial charge < -0.3 is 9.67 Å². The van der Waals surface area contributed by atoms with E-state index in [1.54, 1.807) is 18.0 Å². The Morgan fingerprint density at radius 2 is 2.11 bits per heavy atom. The molecule has 6 heteroatoms. The zero-order chi connectivity index (χ0) is 13.8. The standard InChI is InChI=1S/C13H20N4OS/c1-4-10-6-11(17(5-2)15-10)9-19-13-14-7-12(8-18)16(13)3/h6-7,18H,4-5,8-9H2,1-3H3. The molecule has 1 N–H and O–H groups in total. The number of aromatic nitrogens is 4. The summed E-state index contributed by atoms with van der Waals surface area (Å²) in [6, 6.07) is 2.16. The van der Waals surface area contributed by atoms with Crippen molar-refractivity contribution in [3.63, 3.8) is 0 Å². The van der Waals surface area contributed by atoms with Gasteiger partial charge in [-0.3, -0.25) is 4.68 Å². The first-order chi connectivity index (χ1) is 9.19. The lowest BCUT2D eigenvalue weighted by Crippen LogP contribution is -2.02. The molecule has 0 bridgehead atoms. The molecule has 2 heterocycles. The first-order valence-corrected chi connectivity index (χ1v) is 7.48. The highest BCUT2D eigenvalue weighted by Gasteiger charge is 2.10. The van der Waals surface area contributed by atoms with E-state index in [0.717, 1.165) is 35.3 Å². The Morgan fingerprint density at radius 3 is 2.68 bits per heavy atom. The number of rotatable bonds is 6. The zero-order valence-corrected chi connectivity index (χ0v) is 12.4. The highest BCUT2D eigenvalue weighted by Crippen LogP contribution is 2.22. The lowest BCUT2D eigenvalue weighted by Gasteiger charge is -2.05. The number of imidazole rings is 1. The second-order valence-corrected chi connectivity index (χ2v) is 5.28. The molecule has 0 aromatic carbocycles. The maximum atomic E-state index is 9.15. The van der Waals surface area contributed by atoms with Gasteiger partial charge in [0.25, 0.3) is 0 Å². The van der Waals surface area contributed by atoms with Crippen molar-refractivity contribution < 1.29 is 5.11 Å². The quantitative estimate of drug-likeness (QED) is 0.822. The molecular weight excluding hydrogens is 260 g/mol. The predicted octanol–water partition coefficient (Wildman–Crippen LogP) is 1.98. The molecule has 0 aliphatic carbocycles. The van der Waals surface area contributed by atoms with Crippen molar-refractivity contribution in [2.75, 3.05) is 0 Å². The van der Waals surface area contributed by atoms with E-state index in [1.165, 1.54) is 5.69 Å². The highest BCUT2D eigenvalue weighted by molar-refractivity contribution is 7.98. The normalized spacial score (nSPS) is 11.2. The number of nitrogens with zero attached hydrogens (tertiary/aromatic N) is 4. The van der Waals surface area contributed by atoms with E-state index in [9.17, 15) is 0 Å². The van der Waals surface area contributed by atoms with Crippen LogP contribution >= 0.6 is 11.8 Å². The number of aliphatic hydroxyl groups excluding tert-OH is 1. The Hall–Kier alpha value is -1.27. The predicted molar refractivity (Wildman–Crippen MR) is 76.0 cm³/mol. The second-order valence-electron chi connectivity index (χ2n) is 4.33. The van der Waals surface area contributed by atoms with Crippen LogP contribution in [0.15, 0.2) is 17.4 Å². The topological polar surface area (TPSA) is 55.9 Å². The van der Waals surface area contributed by atoms with Gasteiger partial charge in [-0.2, -0.15) is 5.10 Å². The van der Waals surface area contributed by atoms with Crippen LogP contribution in [0.4, 0.5) is 0 Å². The van der Waals surface area contributed by atoms with Gasteiger partial charge in [0, 0.05) is 25.0 Å². The van der Waals surface area contributed by atoms with Crippen LogP contribution in [0.1, 0.15) is 30.9 Å². The van der Waals surface area contributed by atoms with Crippen LogP contribution in [0.2, 0.25) is 0 Å². The Kier molecular flexibility index (Phi) is 4.66. The third-order valence-electron chi connectivity index (χ3n) is 3.13. The van der Waals surface area contributed by atoms with Gasteiger partial charge in [0.15, 0.2) is 5.16 Å². The van der Waals surface area contributed by atoms with E-state index in [-0.39, 0.29) is 6.61 Å². The van der Waals surface area contributed by atoms with Gasteiger partial charge in [-0.25, -0.2) is 4.98 Å². The van der Waals surface area contributed by atoms with Gasteiger partial charge in [-0.05, 0) is 19.4 Å². The molecule has 0 atom stereocenters. The van der Waals surface area contributed by atoms with Crippen molar-refractivity contribution in [2.24, 2.45) is 7.05 Å². The summed E-state index contributed by atoms with van der Waals surface area (Å²) in [5.74, 6) is 0.844. The van der Waals surface area contributed by atoms with Crippen LogP contribution in [0, 0.1) is 0 Å². The molecule has 2 aromatic heterocycles. The van der Waals surface area contributed by atoms with Crippen LogP contribution in [0.25, 0.3) is 0 Å². The van der Waals surface area contributed by atoms with Crippen molar-refractivity contribution in [1.82, 2.24) is 19.3 Å². The van der Waals surface area contributed by atoms with Gasteiger partial charge in [0.1, 0.15) is 0 Å². The lowest BCUT2D eigenvalue weighted by molar-refractivity contribution is 0.271. The largest absolute Gasteiger partial charge is 0.390 e. The number of thioether (sulfide) groups is 1. The van der Waals surface area contributed by atoms with Crippen LogP contribution in [-0.4, -0.2) is 24.4 Å². The monoisotopic (exact) mass is 280 g/mol. The molecule has 19 heavy (non-hydrogen) atoms. The second kappa shape index (κ2) is 6.25. The number of hydrogen-bond donors (Lipinski definition) is 1. The fourth-order valence-electron chi connectivity index (χ4n) is 1.92. The van der Waals surface area contributed by atoms with E-state index in [1.807, 2.05) is 16.3 Å². The van der Waals surface area contributed by atoms with Gasteiger partial charge in [0.2, 0.25) is 0 Å². The minimum Gasteiger partial charge on any atom is -0.390 e. The molecule has 0 radical (unpaired) electrons. The maximum Gasteiger partial charge on any atom is 0.168 e. The van der Waals surface area contributed by atoms with Crippen molar-refractivity contribution in [1.29, 1.82) is 0 Å². The summed E-state index contributed by atoms with van der Waals surface area (Å²) in [7, 11) is 1.93. The van der Waals surface area contributed by atoms with Crippen molar-refractivity contribution >= 4 is 11.8 Å². The molecule has 2 rings (SSSR count). The minimum atomic E-state index is 0.0247. The maximum absolute atomic E-state index is 9.15. The van der Waals surface area contributed by atoms with Gasteiger partial charge in [-0.15, -0.1) is 0 Å². The summed E-state index contributed by atoms with van der Waals surface area (Å²) in [6.07, 6.45) is 2.68. The van der Waals surface area contributed by atoms with Crippen molar-refractivity contribution in [2.45, 2.75) is 44.3 Å². The molecule has 0 amide bonds. The number of hydrogen-bond acceptors (Lipinski definition) is 4. The molecule has 0 fully saturated rings. The minimum absolute atomic E-state index is 0.0247. The zero-order valence-electron chi connectivity index (χ0n) is 11.6. The number of aliphatic hydroxyl groups is 1. The molecule has 0 saturated heterocycles. The molecule has 2 aromatic rings. The first-order valence-electron chi connectivity index (χ1n) is 6.49. The third-order valence-corrected chi connectivity index (χ3v) is 4.21. The van der Waals surface area contributed by atoms with Gasteiger partial charge in [-0.1, -0.05) is 18.7 Å². The Balaban J connectivity index is 2.09. The molecule has 0 aliphatic heterocycles. The average molecular weight is 280 g/mol. The van der Waals surface area contributed by atoms with Gasteiger partial charge in [0.05, 0.1) is 24.2 Å². The van der Waals surface area contributed by atoms with Crippen LogP contribution in [-0.2, 0) is 32.4 Å². The number of aryl methyl sites for hydroxylation is 2. The summed E-state index contributed by atoms with van der Waals surface area (Å²) < 4.78 is 3.97. The summed E-state index contributed by atoms with van der Waals surface area (Å²) in [5.41, 5.74) is 3.19. The molecule has 0 aliphatic rings. The molecule has 104 valence electrons. The summed E-state index contributed by atoms with van der Waals surface area (Å²) >= 11 is 1.67. The van der Waals surface area contributed by atoms with E-state index in [4.69, 9.17) is 5.11 Å². The summed E-state index contributed by atoms with van der Waals surface area (Å²) in [6.45, 7) is 5.13. The SMILES string of the molecule is CCc1cc(CSc2ncc(CO)n2C)n(CC)n1. The lowest BCUT2D eigenvalue weighted by atomic mass is 10.3. The summed E-state index contributed by atoms with van der Waals surface area (Å²) in [4.78, 5) is 4.32. The highest BCUT2D eigenvalue weighted by atomic mass is 32.2. The van der Waals surface area contributed by atoms with E-state index in [2.05, 4.69) is 30.0 Å². The van der Waals surface area contributed by atoms with Crippen LogP contribution in [0.3, 0.4) is 0 Å².